The van der Waals surface area contributed by atoms with Gasteiger partial charge in [0.1, 0.15) is 0 Å². The van der Waals surface area contributed by atoms with Gasteiger partial charge in [0.25, 0.3) is 11.9 Å². The molecule has 2 fully saturated rings. The summed E-state index contributed by atoms with van der Waals surface area (Å²) in [6.07, 6.45) is 7.42. The number of nitrogens with two attached hydrogens (primary N) is 4. The Morgan fingerprint density at radius 2 is 0.891 bits per heavy atom. The second-order valence-corrected chi connectivity index (χ2v) is 22.4. The van der Waals surface area contributed by atoms with E-state index in [0.717, 1.165) is 105 Å². The monoisotopic (exact) mass is 1310 g/mol. The molecule has 5 aromatic rings. The molecule has 4 amide bonds. The molecule has 0 spiro atoms. The van der Waals surface area contributed by atoms with Crippen LogP contribution in [0.4, 0.5) is 27.2 Å². The molecule has 2 aliphatic heterocycles. The zero-order valence-electron chi connectivity index (χ0n) is 52.1. The van der Waals surface area contributed by atoms with Crippen molar-refractivity contribution in [3.05, 3.63) is 94.6 Å². The molecule has 2 saturated heterocycles. The number of carbonyl (C=O) groups is 2. The summed E-state index contributed by atoms with van der Waals surface area (Å²) in [5.74, 6) is 0.190. The van der Waals surface area contributed by atoms with Crippen molar-refractivity contribution in [1.29, 1.82) is 0 Å². The number of nitrogens with one attached hydrogen (secondary N) is 4. The zero-order chi connectivity index (χ0) is 64.5. The molecule has 2 aromatic heterocycles. The van der Waals surface area contributed by atoms with Crippen molar-refractivity contribution >= 4 is 92.1 Å². The number of nitrogens with zero attached hydrogens (tertiary/aromatic N) is 10. The number of amides is 4. The first kappa shape index (κ1) is 70.7. The van der Waals surface area contributed by atoms with Crippen molar-refractivity contribution in [2.45, 2.75) is 12.5 Å². The Morgan fingerprint density at radius 1 is 0.489 bits per heavy atom. The number of benzene rings is 3. The Bertz CT molecular complexity index is 3200. The highest BCUT2D eigenvalue weighted by Crippen LogP contribution is 2.33. The number of piperazine rings is 2. The van der Waals surface area contributed by atoms with Crippen LogP contribution in [0.1, 0.15) is 12.1 Å². The molecule has 0 bridgehead atoms. The Kier molecular flexibility index (Phi) is 30.3. The molecule has 8 rings (SSSR count). The van der Waals surface area contributed by atoms with Crippen molar-refractivity contribution in [2.75, 3.05) is 202 Å². The summed E-state index contributed by atoms with van der Waals surface area (Å²) in [5.41, 5.74) is 28.3. The van der Waals surface area contributed by atoms with Crippen LogP contribution in [0.25, 0.3) is 38.6 Å². The molecular formula is C62H88Cl2N18O10. The molecular weight excluding hydrogens is 1230 g/mol. The summed E-state index contributed by atoms with van der Waals surface area (Å²) in [6, 6.07) is 18.9. The number of hydrogen-bond donors (Lipinski definition) is 8. The topological polar surface area (TPSA) is 349 Å². The molecule has 3 aromatic carbocycles. The zero-order valence-corrected chi connectivity index (χ0v) is 53.6. The van der Waals surface area contributed by atoms with Crippen molar-refractivity contribution in [3.63, 3.8) is 0 Å². The molecule has 1 unspecified atom stereocenters. The lowest BCUT2D eigenvalue weighted by atomic mass is 9.97. The Labute approximate surface area is 546 Å². The average Bonchev–Trinajstić information content (AvgIpc) is 0.805. The Hall–Kier alpha value is -7.16. The van der Waals surface area contributed by atoms with E-state index in [1.165, 1.54) is 0 Å². The Balaban J connectivity index is 0.513. The quantitative estimate of drug-likeness (QED) is 0.0159. The number of urea groups is 2. The number of ether oxygens (including phenoxy) is 8. The smallest absolute Gasteiger partial charge is 0.314 e. The van der Waals surface area contributed by atoms with Crippen LogP contribution in [0.5, 0.6) is 0 Å². The van der Waals surface area contributed by atoms with Gasteiger partial charge in [0.2, 0.25) is 0 Å². The number of halogens is 2. The minimum atomic E-state index is -0.306. The first-order valence-corrected chi connectivity index (χ1v) is 31.9. The summed E-state index contributed by atoms with van der Waals surface area (Å²) in [5, 5.41) is 13.8. The SMILES string of the molecule is NC(N)=Nc1nc(C2=CCC(N3CCN(CCOCCOCCOCCNC(=O)NCCOCCOCCNC(=O)NCCOCCOCCOCCN4CCN(c5ccc(-c6nc(N=C(N)N)nc7ccc(Cl)cc67)cc5)CC4)CC3)C=C2)c2cc(Cl)ccc2n1. The number of carbonyl (C=O) groups excluding carboxylic acids is 2. The molecule has 4 heterocycles. The number of aliphatic imine (C=N–C) groups is 2. The second-order valence-electron chi connectivity index (χ2n) is 21.5. The normalized spacial score (nSPS) is 15.6. The van der Waals surface area contributed by atoms with Gasteiger partial charge in [-0.2, -0.15) is 9.98 Å². The van der Waals surface area contributed by atoms with Gasteiger partial charge in [-0.25, -0.2) is 29.5 Å². The van der Waals surface area contributed by atoms with E-state index >= 15 is 0 Å². The van der Waals surface area contributed by atoms with Gasteiger partial charge in [-0.1, -0.05) is 53.6 Å². The number of fused-ring (bicyclic) bond motifs is 2. The standard InChI is InChI=1S/C62H88Cl2N18O10/c63-47-5-11-53-51(43-47)55(75-59(73-53)77-57(65)66)45-1-7-49(8-2-45)81-21-17-79(18-22-81)25-31-89-37-41-91-39-35-87-29-15-71-61(83)69-13-27-85-33-34-86-28-14-70-62(84)72-16-30-88-36-40-92-42-38-90-32-26-80-19-23-82(24-20-80)50-9-3-46(4-10-50)56-52-44-48(64)6-12-54(52)74-60(76-56)78-58(67)68/h1-9,11-12,43-44,50H,10,13-42H2,(H2,69,71,83)(H2,70,72,84)(H4,65,66,73,75,77)(H4,67,68,74,76,78). The summed E-state index contributed by atoms with van der Waals surface area (Å²) >= 11 is 12.6. The summed E-state index contributed by atoms with van der Waals surface area (Å²) < 4.78 is 45.1. The molecule has 500 valence electrons. The van der Waals surface area contributed by atoms with Crippen LogP contribution in [-0.2, 0) is 37.9 Å². The number of anilines is 1. The number of guanidine groups is 2. The lowest BCUT2D eigenvalue weighted by molar-refractivity contribution is 0.00793. The third kappa shape index (κ3) is 24.7. The fourth-order valence-electron chi connectivity index (χ4n) is 10.2. The predicted octanol–water partition coefficient (Wildman–Crippen LogP) is 3.24. The highest BCUT2D eigenvalue weighted by Gasteiger charge is 2.25. The van der Waals surface area contributed by atoms with Crippen LogP contribution in [0, 0.1) is 0 Å². The minimum Gasteiger partial charge on any atom is -0.378 e. The van der Waals surface area contributed by atoms with Crippen molar-refractivity contribution in [2.24, 2.45) is 32.9 Å². The van der Waals surface area contributed by atoms with Crippen molar-refractivity contribution in [1.82, 2.24) is 55.9 Å². The van der Waals surface area contributed by atoms with E-state index in [2.05, 4.69) is 101 Å². The lowest BCUT2D eigenvalue weighted by Crippen LogP contribution is -2.50. The molecule has 28 nitrogen and oxygen atoms in total. The number of allylic oxidation sites excluding steroid dienone is 2. The summed E-state index contributed by atoms with van der Waals surface area (Å²) in [7, 11) is 0. The fourth-order valence-corrected chi connectivity index (χ4v) is 10.6. The third-order valence-corrected chi connectivity index (χ3v) is 15.4. The van der Waals surface area contributed by atoms with Crippen molar-refractivity contribution in [3.8, 4) is 11.3 Å². The van der Waals surface area contributed by atoms with E-state index in [1.807, 2.05) is 36.4 Å². The van der Waals surface area contributed by atoms with Gasteiger partial charge in [0, 0.05) is 130 Å². The van der Waals surface area contributed by atoms with E-state index in [4.69, 9.17) is 84.0 Å². The maximum atomic E-state index is 12.1. The van der Waals surface area contributed by atoms with Gasteiger partial charge >= 0.3 is 12.1 Å². The van der Waals surface area contributed by atoms with Gasteiger partial charge in [-0.05, 0) is 60.5 Å². The molecule has 12 N–H and O–H groups in total. The third-order valence-electron chi connectivity index (χ3n) is 14.9. The highest BCUT2D eigenvalue weighted by molar-refractivity contribution is 6.31. The van der Waals surface area contributed by atoms with E-state index < -0.39 is 0 Å². The van der Waals surface area contributed by atoms with E-state index in [9.17, 15) is 9.59 Å². The number of rotatable bonds is 39. The predicted molar refractivity (Wildman–Crippen MR) is 357 cm³/mol. The first-order valence-electron chi connectivity index (χ1n) is 31.2. The van der Waals surface area contributed by atoms with Gasteiger partial charge in [-0.3, -0.25) is 14.7 Å². The van der Waals surface area contributed by atoms with E-state index in [0.29, 0.717) is 165 Å². The van der Waals surface area contributed by atoms with E-state index in [1.54, 1.807) is 12.1 Å². The maximum absolute atomic E-state index is 12.1. The number of hydrogen-bond acceptors (Lipinski definition) is 20. The molecule has 0 radical (unpaired) electrons. The van der Waals surface area contributed by atoms with Gasteiger partial charge in [0.05, 0.1) is 128 Å². The minimum absolute atomic E-state index is 0.100. The Morgan fingerprint density at radius 3 is 1.32 bits per heavy atom. The second kappa shape index (κ2) is 39.4. The van der Waals surface area contributed by atoms with E-state index in [-0.39, 0.29) is 35.9 Å². The molecule has 92 heavy (non-hydrogen) atoms. The molecule has 1 aliphatic carbocycles. The van der Waals surface area contributed by atoms with Crippen LogP contribution < -0.4 is 49.1 Å². The maximum Gasteiger partial charge on any atom is 0.314 e. The van der Waals surface area contributed by atoms with Crippen LogP contribution in [0.3, 0.4) is 0 Å². The molecule has 30 heteroatoms. The first-order chi connectivity index (χ1) is 44.9. The summed E-state index contributed by atoms with van der Waals surface area (Å²) in [4.78, 5) is 60.3. The van der Waals surface area contributed by atoms with Crippen LogP contribution in [0.2, 0.25) is 10.0 Å². The average molecular weight is 1320 g/mol. The fraction of sp³-hybridized carbons (Fsp3) is 0.516. The lowest BCUT2D eigenvalue weighted by Gasteiger charge is -2.38. The molecule has 0 saturated carbocycles. The van der Waals surface area contributed by atoms with Crippen LogP contribution in [0.15, 0.2) is 88.9 Å². The van der Waals surface area contributed by atoms with Gasteiger partial charge in [0.15, 0.2) is 11.9 Å². The van der Waals surface area contributed by atoms with Gasteiger partial charge < -0.3 is 87.0 Å². The highest BCUT2D eigenvalue weighted by atomic mass is 35.5. The van der Waals surface area contributed by atoms with Gasteiger partial charge in [-0.15, -0.1) is 0 Å². The molecule has 1 atom stereocenters. The number of aromatic nitrogens is 4. The van der Waals surface area contributed by atoms with Crippen LogP contribution >= 0.6 is 23.2 Å². The largest absolute Gasteiger partial charge is 0.378 e. The van der Waals surface area contributed by atoms with Crippen molar-refractivity contribution < 1.29 is 47.5 Å². The molecule has 3 aliphatic rings. The van der Waals surface area contributed by atoms with Crippen LogP contribution in [-0.4, -0.2) is 262 Å². The summed E-state index contributed by atoms with van der Waals surface area (Å²) in [6.45, 7) is 17.7.